The van der Waals surface area contributed by atoms with E-state index in [-0.39, 0.29) is 24.0 Å². The molecule has 3 aromatic rings. The van der Waals surface area contributed by atoms with Gasteiger partial charge in [-0.1, -0.05) is 12.2 Å². The lowest BCUT2D eigenvalue weighted by Gasteiger charge is -2.31. The van der Waals surface area contributed by atoms with Crippen molar-refractivity contribution in [1.82, 2.24) is 0 Å². The van der Waals surface area contributed by atoms with E-state index in [9.17, 15) is 0 Å². The molecule has 36 heavy (non-hydrogen) atoms. The molecule has 1 aliphatic heterocycles. The Morgan fingerprint density at radius 2 is 1.58 bits per heavy atom. The van der Waals surface area contributed by atoms with Gasteiger partial charge in [0.25, 0.3) is 0 Å². The van der Waals surface area contributed by atoms with Crippen LogP contribution in [0.25, 0.3) is 22.6 Å². The first-order valence-electron chi connectivity index (χ1n) is 12.7. The van der Waals surface area contributed by atoms with Crippen molar-refractivity contribution >= 4 is 28.2 Å². The maximum atomic E-state index is 5.80. The highest BCUT2D eigenvalue weighted by Gasteiger charge is 2.20. The first-order chi connectivity index (χ1) is 17.0. The number of aryl methyl sites for hydroxylation is 2. The Bertz CT molecular complexity index is 1320. The summed E-state index contributed by atoms with van der Waals surface area (Å²) < 4.78 is 13.9. The lowest BCUT2D eigenvalue weighted by molar-refractivity contribution is -0.669. The van der Waals surface area contributed by atoms with E-state index in [4.69, 9.17) is 9.47 Å². The summed E-state index contributed by atoms with van der Waals surface area (Å²) in [7, 11) is 0. The molecule has 0 aliphatic carbocycles. The summed E-state index contributed by atoms with van der Waals surface area (Å²) in [5.41, 5.74) is 8.54. The van der Waals surface area contributed by atoms with Gasteiger partial charge in [-0.3, -0.25) is 0 Å². The third-order valence-corrected chi connectivity index (χ3v) is 6.52. The molecule has 4 nitrogen and oxygen atoms in total. The summed E-state index contributed by atoms with van der Waals surface area (Å²) in [6, 6.07) is 15.0. The molecule has 1 aromatic heterocycles. The molecule has 0 fully saturated rings. The molecule has 190 valence electrons. The second-order valence-electron chi connectivity index (χ2n) is 8.73. The molecule has 2 heterocycles. The summed E-state index contributed by atoms with van der Waals surface area (Å²) >= 11 is 0. The highest BCUT2D eigenvalue weighted by atomic mass is 127. The highest BCUT2D eigenvalue weighted by molar-refractivity contribution is 5.89. The van der Waals surface area contributed by atoms with E-state index >= 15 is 0 Å². The molecule has 1 aliphatic rings. The zero-order chi connectivity index (χ0) is 24.9. The van der Waals surface area contributed by atoms with Crippen LogP contribution in [0.5, 0.6) is 11.5 Å². The quantitative estimate of drug-likeness (QED) is 0.290. The molecule has 0 radical (unpaired) electrons. The van der Waals surface area contributed by atoms with Gasteiger partial charge in [0.15, 0.2) is 0 Å². The largest absolute Gasteiger partial charge is 1.00 e. The van der Waals surface area contributed by atoms with Crippen molar-refractivity contribution in [3.05, 3.63) is 83.2 Å². The topological polar surface area (TPSA) is 25.6 Å². The normalized spacial score (nSPS) is 14.1. The van der Waals surface area contributed by atoms with Crippen molar-refractivity contribution in [2.75, 3.05) is 24.7 Å². The number of benzene rings is 2. The van der Waals surface area contributed by atoms with Crippen LogP contribution in [-0.4, -0.2) is 19.8 Å². The summed E-state index contributed by atoms with van der Waals surface area (Å²) in [5.74, 6) is 1.83. The average Bonchev–Trinajstić information content (AvgIpc) is 2.85. The third kappa shape index (κ3) is 5.61. The molecule has 5 heteroatoms. The zero-order valence-electron chi connectivity index (χ0n) is 22.3. The zero-order valence-corrected chi connectivity index (χ0v) is 24.4. The number of anilines is 1. The Balaban J connectivity index is 0.00000361. The molecule has 4 rings (SSSR count). The molecule has 0 unspecified atom stereocenters. The Morgan fingerprint density at radius 1 is 0.889 bits per heavy atom. The van der Waals surface area contributed by atoms with Crippen molar-refractivity contribution in [3.63, 3.8) is 0 Å². The lowest BCUT2D eigenvalue weighted by Crippen LogP contribution is -3.00. The SMILES string of the molecule is CCOc1ccc2c(c1)/C(=C\C=C\c1cc(C)c3cc(OCC)ccc3[n+]1CC)C=C(C)N2CC.[I-]. The molecule has 0 amide bonds. The van der Waals surface area contributed by atoms with Gasteiger partial charge >= 0.3 is 0 Å². The van der Waals surface area contributed by atoms with Crippen LogP contribution in [0.2, 0.25) is 0 Å². The van der Waals surface area contributed by atoms with Crippen LogP contribution in [0.15, 0.2) is 66.4 Å². The standard InChI is InChI=1S/C31H37N2O2.HI/c1-7-32-23(6)19-24(29-21-27(35-10-4)15-17-31(29)32)12-11-13-25-18-22(5)28-20-26(34-9-3)14-16-30(28)33(25)8-2;/h11-21H,7-10H2,1-6H3;1H/q+1;/p-1. The number of aromatic nitrogens is 1. The molecule has 2 aromatic carbocycles. The minimum Gasteiger partial charge on any atom is -1.00 e. The Hall–Kier alpha value is -2.80. The molecule has 0 spiro atoms. The van der Waals surface area contributed by atoms with Gasteiger partial charge in [0.1, 0.15) is 18.0 Å². The number of fused-ring (bicyclic) bond motifs is 2. The number of allylic oxidation sites excluding steroid dienone is 5. The first-order valence-corrected chi connectivity index (χ1v) is 12.7. The predicted molar refractivity (Wildman–Crippen MR) is 147 cm³/mol. The smallest absolute Gasteiger partial charge is 0.213 e. The van der Waals surface area contributed by atoms with Crippen molar-refractivity contribution in [3.8, 4) is 11.5 Å². The summed E-state index contributed by atoms with van der Waals surface area (Å²) in [6.45, 7) is 15.9. The summed E-state index contributed by atoms with van der Waals surface area (Å²) in [4.78, 5) is 2.35. The fourth-order valence-corrected chi connectivity index (χ4v) is 4.95. The second kappa shape index (κ2) is 12.4. The fourth-order valence-electron chi connectivity index (χ4n) is 4.95. The number of nitrogens with zero attached hydrogens (tertiary/aromatic N) is 2. The van der Waals surface area contributed by atoms with E-state index < -0.39 is 0 Å². The van der Waals surface area contributed by atoms with Crippen LogP contribution >= 0.6 is 0 Å². The van der Waals surface area contributed by atoms with Crippen LogP contribution in [0.3, 0.4) is 0 Å². The Labute approximate surface area is 232 Å². The van der Waals surface area contributed by atoms with Gasteiger partial charge in [0.2, 0.25) is 11.2 Å². The lowest BCUT2D eigenvalue weighted by atomic mass is 9.96. The van der Waals surface area contributed by atoms with Gasteiger partial charge < -0.3 is 38.4 Å². The van der Waals surface area contributed by atoms with Crippen LogP contribution in [0, 0.1) is 6.92 Å². The minimum absolute atomic E-state index is 0. The number of rotatable bonds is 8. The maximum Gasteiger partial charge on any atom is 0.213 e. The van der Waals surface area contributed by atoms with Gasteiger partial charge in [-0.2, -0.15) is 4.57 Å². The molecule has 0 atom stereocenters. The molecule has 0 saturated carbocycles. The summed E-state index contributed by atoms with van der Waals surface area (Å²) in [5, 5.41) is 1.23. The van der Waals surface area contributed by atoms with Gasteiger partial charge in [-0.05, 0) is 89.1 Å². The van der Waals surface area contributed by atoms with Crippen molar-refractivity contribution in [2.24, 2.45) is 0 Å². The van der Waals surface area contributed by atoms with E-state index in [2.05, 4.69) is 104 Å². The van der Waals surface area contributed by atoms with E-state index in [1.54, 1.807) is 0 Å². The van der Waals surface area contributed by atoms with E-state index in [1.807, 2.05) is 13.8 Å². The van der Waals surface area contributed by atoms with Crippen molar-refractivity contribution in [1.29, 1.82) is 0 Å². The first kappa shape index (κ1) is 27.8. The predicted octanol–water partition coefficient (Wildman–Crippen LogP) is 4.10. The molecular weight excluding hydrogens is 559 g/mol. The average molecular weight is 597 g/mol. The highest BCUT2D eigenvalue weighted by Crippen LogP contribution is 2.38. The van der Waals surface area contributed by atoms with E-state index in [0.717, 1.165) is 24.6 Å². The Kier molecular flexibility index (Phi) is 9.60. The van der Waals surface area contributed by atoms with Gasteiger partial charge in [-0.25, -0.2) is 0 Å². The molecular formula is C31H37IN2O2. The van der Waals surface area contributed by atoms with Crippen molar-refractivity contribution < 1.29 is 38.0 Å². The minimum atomic E-state index is 0. The van der Waals surface area contributed by atoms with Crippen LogP contribution in [-0.2, 0) is 6.54 Å². The van der Waals surface area contributed by atoms with Crippen LogP contribution in [0.1, 0.15) is 51.4 Å². The number of hydrogen-bond donors (Lipinski definition) is 0. The number of halogens is 1. The number of ether oxygens (including phenoxy) is 2. The molecule has 0 saturated heterocycles. The van der Waals surface area contributed by atoms with Crippen LogP contribution < -0.4 is 42.9 Å². The van der Waals surface area contributed by atoms with Crippen LogP contribution in [0.4, 0.5) is 5.69 Å². The third-order valence-electron chi connectivity index (χ3n) is 6.52. The van der Waals surface area contributed by atoms with Gasteiger partial charge in [0, 0.05) is 41.7 Å². The monoisotopic (exact) mass is 596 g/mol. The number of pyridine rings is 1. The van der Waals surface area contributed by atoms with Gasteiger partial charge in [0.05, 0.1) is 18.6 Å². The molecule has 0 N–H and O–H groups in total. The van der Waals surface area contributed by atoms with E-state index in [0.29, 0.717) is 13.2 Å². The molecule has 0 bridgehead atoms. The maximum absolute atomic E-state index is 5.80. The fraction of sp³-hybridized carbons (Fsp3) is 0.323. The Morgan fingerprint density at radius 3 is 2.25 bits per heavy atom. The van der Waals surface area contributed by atoms with E-state index in [1.165, 1.54) is 44.7 Å². The summed E-state index contributed by atoms with van der Waals surface area (Å²) in [6.07, 6.45) is 8.85. The van der Waals surface area contributed by atoms with Crippen molar-refractivity contribution in [2.45, 2.75) is 48.1 Å². The second-order valence-corrected chi connectivity index (χ2v) is 8.73. The van der Waals surface area contributed by atoms with Gasteiger partial charge in [-0.15, -0.1) is 0 Å². The number of hydrogen-bond acceptors (Lipinski definition) is 3.